The Morgan fingerprint density at radius 2 is 1.79 bits per heavy atom. The minimum absolute atomic E-state index is 0.00717. The number of aliphatic hydroxyl groups excluding tert-OH is 1. The van der Waals surface area contributed by atoms with Crippen LogP contribution in [0.15, 0.2) is 29.8 Å². The predicted molar refractivity (Wildman–Crippen MR) is 161 cm³/mol. The summed E-state index contributed by atoms with van der Waals surface area (Å²) < 4.78 is 0. The van der Waals surface area contributed by atoms with Crippen LogP contribution in [-0.4, -0.2) is 75.2 Å². The first-order valence-electron chi connectivity index (χ1n) is 14.3. The van der Waals surface area contributed by atoms with Gasteiger partial charge in [-0.15, -0.1) is 11.3 Å². The van der Waals surface area contributed by atoms with Crippen molar-refractivity contribution in [1.29, 1.82) is 0 Å². The Labute approximate surface area is 251 Å². The Bertz CT molecular complexity index is 1240. The van der Waals surface area contributed by atoms with Gasteiger partial charge in [-0.25, -0.2) is 9.78 Å². The van der Waals surface area contributed by atoms with Crippen LogP contribution in [0.3, 0.4) is 0 Å². The van der Waals surface area contributed by atoms with Crippen molar-refractivity contribution >= 4 is 35.2 Å². The molecule has 4 atom stereocenters. The number of nitrogens with one attached hydrogen (secondary N) is 3. The number of rotatable bonds is 12. The number of nitrogens with zero attached hydrogens (tertiary/aromatic N) is 2. The van der Waals surface area contributed by atoms with Crippen molar-refractivity contribution in [1.82, 2.24) is 25.8 Å². The van der Waals surface area contributed by atoms with Crippen LogP contribution < -0.4 is 16.0 Å². The molecule has 5 N–H and O–H groups in total. The van der Waals surface area contributed by atoms with E-state index in [1.807, 2.05) is 64.4 Å². The second-order valence-electron chi connectivity index (χ2n) is 11.9. The van der Waals surface area contributed by atoms with E-state index in [4.69, 9.17) is 5.11 Å². The summed E-state index contributed by atoms with van der Waals surface area (Å²) in [5.74, 6) is -1.06. The Morgan fingerprint density at radius 3 is 2.38 bits per heavy atom. The summed E-state index contributed by atoms with van der Waals surface area (Å²) in [4.78, 5) is 57.2. The zero-order valence-corrected chi connectivity index (χ0v) is 25.8. The molecule has 42 heavy (non-hydrogen) atoms. The minimum Gasteiger partial charge on any atom is -0.465 e. The van der Waals surface area contributed by atoms with Crippen molar-refractivity contribution in [3.05, 3.63) is 41.0 Å². The summed E-state index contributed by atoms with van der Waals surface area (Å²) in [6.45, 7) is 9.69. The number of carboxylic acid groups (broad SMARTS) is 1. The predicted octanol–water partition coefficient (Wildman–Crippen LogP) is 3.62. The molecule has 2 heterocycles. The number of likely N-dealkylation sites (tertiary alicyclic amines) is 1. The number of carbonyl (C=O) groups is 4. The van der Waals surface area contributed by atoms with Crippen molar-refractivity contribution in [2.75, 3.05) is 13.1 Å². The van der Waals surface area contributed by atoms with E-state index in [-0.39, 0.29) is 37.2 Å². The fourth-order valence-electron chi connectivity index (χ4n) is 5.03. The van der Waals surface area contributed by atoms with Gasteiger partial charge in [0.2, 0.25) is 17.7 Å². The van der Waals surface area contributed by atoms with E-state index in [9.17, 15) is 24.3 Å². The summed E-state index contributed by atoms with van der Waals surface area (Å²) in [5, 5.41) is 27.2. The van der Waals surface area contributed by atoms with Gasteiger partial charge in [-0.2, -0.15) is 0 Å². The van der Waals surface area contributed by atoms with Gasteiger partial charge >= 0.3 is 6.09 Å². The number of hydrogen-bond donors (Lipinski definition) is 5. The average Bonchev–Trinajstić information content (AvgIpc) is 3.53. The number of aromatic nitrogens is 1. The van der Waals surface area contributed by atoms with Crippen molar-refractivity contribution in [2.45, 2.75) is 91.0 Å². The molecular formula is C30H43N5O6S. The van der Waals surface area contributed by atoms with Crippen molar-refractivity contribution in [2.24, 2.45) is 5.41 Å². The number of β-amino-alcohol motifs (C(OH)–C–C–N with tert-alkyl or cyclic N) is 1. The number of aryl methyl sites for hydroxylation is 1. The second kappa shape index (κ2) is 14.6. The molecule has 0 bridgehead atoms. The summed E-state index contributed by atoms with van der Waals surface area (Å²) in [6.07, 6.45) is 0.198. The summed E-state index contributed by atoms with van der Waals surface area (Å²) >= 11 is 1.57. The number of hydrogen-bond acceptors (Lipinski definition) is 7. The van der Waals surface area contributed by atoms with Crippen molar-refractivity contribution in [3.8, 4) is 10.4 Å². The van der Waals surface area contributed by atoms with E-state index in [1.54, 1.807) is 11.3 Å². The highest BCUT2D eigenvalue weighted by Gasteiger charge is 2.44. The lowest BCUT2D eigenvalue weighted by Crippen LogP contribution is -2.57. The third kappa shape index (κ3) is 8.99. The van der Waals surface area contributed by atoms with Gasteiger partial charge in [0.25, 0.3) is 0 Å². The van der Waals surface area contributed by atoms with E-state index in [0.717, 1.165) is 21.7 Å². The van der Waals surface area contributed by atoms with Gasteiger partial charge in [-0.1, -0.05) is 51.5 Å². The average molecular weight is 602 g/mol. The van der Waals surface area contributed by atoms with E-state index < -0.39 is 35.6 Å². The van der Waals surface area contributed by atoms with E-state index in [1.165, 1.54) is 4.90 Å². The Morgan fingerprint density at radius 1 is 1.10 bits per heavy atom. The standard InChI is InChI=1S/C30H43N5O6S/c1-18(20-10-12-21(13-11-20)25-19(2)32-17-42-25)33-27(38)23-15-22(36)16-35(23)28(39)26(30(3,4)5)34-24(37)9-7-6-8-14-31-29(40)41/h10-13,17-18,22-23,26,31,36H,6-9,14-16H2,1-5H3,(H,33,38)(H,34,37)(H,40,41)/t18-,22+,23-,26?/m0/s1. The normalized spacial score (nSPS) is 18.3. The number of carbonyl (C=O) groups excluding carboxylic acids is 3. The van der Waals surface area contributed by atoms with Crippen LogP contribution in [0.2, 0.25) is 0 Å². The lowest BCUT2D eigenvalue weighted by molar-refractivity contribution is -0.144. The van der Waals surface area contributed by atoms with Crippen LogP contribution >= 0.6 is 11.3 Å². The highest BCUT2D eigenvalue weighted by atomic mass is 32.1. The molecule has 1 aromatic carbocycles. The Hall–Kier alpha value is -3.51. The lowest BCUT2D eigenvalue weighted by atomic mass is 9.85. The van der Waals surface area contributed by atoms with Gasteiger partial charge in [-0.05, 0) is 43.2 Å². The van der Waals surface area contributed by atoms with Gasteiger partial charge in [0.05, 0.1) is 28.2 Å². The minimum atomic E-state index is -1.08. The molecule has 1 unspecified atom stereocenters. The number of unbranched alkanes of at least 4 members (excludes halogenated alkanes) is 2. The fourth-order valence-corrected chi connectivity index (χ4v) is 5.84. The fraction of sp³-hybridized carbons (Fsp3) is 0.567. The molecule has 1 aliphatic rings. The zero-order valence-electron chi connectivity index (χ0n) is 25.0. The monoisotopic (exact) mass is 601 g/mol. The maximum atomic E-state index is 13.8. The summed E-state index contributed by atoms with van der Waals surface area (Å²) in [7, 11) is 0. The Balaban J connectivity index is 1.62. The van der Waals surface area contributed by atoms with Gasteiger partial charge in [0.15, 0.2) is 0 Å². The first kappa shape index (κ1) is 33.0. The molecule has 1 fully saturated rings. The molecule has 0 saturated carbocycles. The lowest BCUT2D eigenvalue weighted by Gasteiger charge is -2.35. The number of aliphatic hydroxyl groups is 1. The molecule has 230 valence electrons. The first-order valence-corrected chi connectivity index (χ1v) is 15.2. The van der Waals surface area contributed by atoms with E-state index in [2.05, 4.69) is 20.9 Å². The van der Waals surface area contributed by atoms with E-state index in [0.29, 0.717) is 25.8 Å². The molecule has 0 radical (unpaired) electrons. The zero-order chi connectivity index (χ0) is 31.0. The maximum absolute atomic E-state index is 13.8. The topological polar surface area (TPSA) is 161 Å². The summed E-state index contributed by atoms with van der Waals surface area (Å²) in [5.41, 5.74) is 4.10. The van der Waals surface area contributed by atoms with Crippen LogP contribution in [0.4, 0.5) is 4.79 Å². The van der Waals surface area contributed by atoms with Crippen LogP contribution in [0.1, 0.15) is 77.1 Å². The highest BCUT2D eigenvalue weighted by Crippen LogP contribution is 2.29. The Kier molecular flexibility index (Phi) is 11.5. The smallest absolute Gasteiger partial charge is 0.404 e. The molecule has 0 spiro atoms. The molecule has 11 nitrogen and oxygen atoms in total. The van der Waals surface area contributed by atoms with Crippen LogP contribution in [0.25, 0.3) is 10.4 Å². The van der Waals surface area contributed by atoms with Gasteiger partial charge in [0.1, 0.15) is 12.1 Å². The maximum Gasteiger partial charge on any atom is 0.404 e. The third-order valence-electron chi connectivity index (χ3n) is 7.42. The van der Waals surface area contributed by atoms with E-state index >= 15 is 0 Å². The second-order valence-corrected chi connectivity index (χ2v) is 12.8. The van der Waals surface area contributed by atoms with Gasteiger partial charge in [-0.3, -0.25) is 14.4 Å². The molecule has 1 saturated heterocycles. The first-order chi connectivity index (χ1) is 19.8. The van der Waals surface area contributed by atoms with Crippen molar-refractivity contribution < 1.29 is 29.4 Å². The quantitative estimate of drug-likeness (QED) is 0.232. The van der Waals surface area contributed by atoms with Crippen LogP contribution in [0.5, 0.6) is 0 Å². The molecule has 3 rings (SSSR count). The number of benzene rings is 1. The summed E-state index contributed by atoms with van der Waals surface area (Å²) in [6, 6.07) is 5.83. The third-order valence-corrected chi connectivity index (χ3v) is 8.39. The molecule has 12 heteroatoms. The van der Waals surface area contributed by atoms with Gasteiger partial charge in [0, 0.05) is 25.9 Å². The van der Waals surface area contributed by atoms with Crippen molar-refractivity contribution in [3.63, 3.8) is 0 Å². The van der Waals surface area contributed by atoms with Gasteiger partial charge < -0.3 is 31.1 Å². The molecule has 1 aromatic heterocycles. The molecule has 1 aliphatic heterocycles. The molecule has 0 aliphatic carbocycles. The molecule has 2 aromatic rings. The number of thiazole rings is 1. The van der Waals surface area contributed by atoms with Crippen LogP contribution in [-0.2, 0) is 14.4 Å². The SMILES string of the molecule is Cc1ncsc1-c1ccc([C@H](C)NC(=O)[C@@H]2C[C@@H](O)CN2C(=O)C(NC(=O)CCCCCNC(=O)O)C(C)(C)C)cc1. The number of amides is 4. The molecular weight excluding hydrogens is 558 g/mol. The highest BCUT2D eigenvalue weighted by molar-refractivity contribution is 7.13. The van der Waals surface area contributed by atoms with Crippen LogP contribution in [0, 0.1) is 12.3 Å². The molecule has 4 amide bonds. The largest absolute Gasteiger partial charge is 0.465 e.